The predicted octanol–water partition coefficient (Wildman–Crippen LogP) is 0.929. The van der Waals surface area contributed by atoms with E-state index in [1.807, 2.05) is 7.05 Å². The Kier molecular flexibility index (Phi) is 5.01. The highest BCUT2D eigenvalue weighted by molar-refractivity contribution is 5.78. The fourth-order valence-corrected chi connectivity index (χ4v) is 3.06. The summed E-state index contributed by atoms with van der Waals surface area (Å²) in [6.45, 7) is 6.84. The van der Waals surface area contributed by atoms with Crippen molar-refractivity contribution in [2.45, 2.75) is 38.6 Å². The van der Waals surface area contributed by atoms with Crippen LogP contribution >= 0.6 is 0 Å². The lowest BCUT2D eigenvalue weighted by Gasteiger charge is -2.33. The smallest absolute Gasteiger partial charge is 0.236 e. The number of nitrogens with one attached hydrogen (secondary N) is 1. The molecule has 1 heterocycles. The topological polar surface area (TPSA) is 35.6 Å². The molecule has 1 aliphatic carbocycles. The molecule has 1 unspecified atom stereocenters. The Balaban J connectivity index is 1.78. The highest BCUT2D eigenvalue weighted by Crippen LogP contribution is 2.27. The molecule has 0 bridgehead atoms. The van der Waals surface area contributed by atoms with Gasteiger partial charge in [0.15, 0.2) is 0 Å². The molecule has 0 radical (unpaired) electrons. The number of amides is 1. The van der Waals surface area contributed by atoms with Gasteiger partial charge in [-0.1, -0.05) is 0 Å². The Morgan fingerprint density at radius 2 is 2.17 bits per heavy atom. The van der Waals surface area contributed by atoms with Gasteiger partial charge in [0.2, 0.25) is 5.91 Å². The van der Waals surface area contributed by atoms with Gasteiger partial charge in [-0.05, 0) is 58.7 Å². The Labute approximate surface area is 111 Å². The maximum Gasteiger partial charge on any atom is 0.236 e. The van der Waals surface area contributed by atoms with Gasteiger partial charge in [-0.2, -0.15) is 0 Å². The normalized spacial score (nSPS) is 25.1. The first kappa shape index (κ1) is 13.8. The van der Waals surface area contributed by atoms with Gasteiger partial charge in [-0.25, -0.2) is 0 Å². The quantitative estimate of drug-likeness (QED) is 0.765. The minimum absolute atomic E-state index is 0.338. The van der Waals surface area contributed by atoms with E-state index in [0.29, 0.717) is 24.4 Å². The standard InChI is InChI=1S/C14H27N3O/c1-3-17(13-6-7-13)14(18)11-16-8-4-5-12(10-16)9-15-2/h12-13,15H,3-11H2,1-2H3. The number of likely N-dealkylation sites (N-methyl/N-ethyl adjacent to an activating group) is 1. The molecule has 1 amide bonds. The largest absolute Gasteiger partial charge is 0.339 e. The van der Waals surface area contributed by atoms with Crippen LogP contribution in [0, 0.1) is 5.92 Å². The summed E-state index contributed by atoms with van der Waals surface area (Å²) in [6, 6.07) is 0.556. The summed E-state index contributed by atoms with van der Waals surface area (Å²) in [5, 5.41) is 3.25. The molecule has 0 aromatic rings. The summed E-state index contributed by atoms with van der Waals surface area (Å²) < 4.78 is 0. The van der Waals surface area contributed by atoms with Crippen LogP contribution in [0.25, 0.3) is 0 Å². The molecule has 2 fully saturated rings. The van der Waals surface area contributed by atoms with E-state index in [1.54, 1.807) is 0 Å². The number of piperidine rings is 1. The molecule has 0 aromatic carbocycles. The third-order valence-corrected chi connectivity index (χ3v) is 4.10. The van der Waals surface area contributed by atoms with Crippen LogP contribution in [0.1, 0.15) is 32.6 Å². The van der Waals surface area contributed by atoms with Crippen LogP contribution in [0.3, 0.4) is 0 Å². The van der Waals surface area contributed by atoms with Crippen LogP contribution in [-0.4, -0.2) is 61.5 Å². The van der Waals surface area contributed by atoms with Crippen LogP contribution < -0.4 is 5.32 Å². The van der Waals surface area contributed by atoms with Gasteiger partial charge in [0.25, 0.3) is 0 Å². The lowest BCUT2D eigenvalue weighted by molar-refractivity contribution is -0.133. The molecule has 2 aliphatic rings. The minimum atomic E-state index is 0.338. The summed E-state index contributed by atoms with van der Waals surface area (Å²) in [7, 11) is 2.01. The maximum atomic E-state index is 12.3. The monoisotopic (exact) mass is 253 g/mol. The zero-order valence-corrected chi connectivity index (χ0v) is 11.8. The van der Waals surface area contributed by atoms with E-state index >= 15 is 0 Å². The Morgan fingerprint density at radius 1 is 1.39 bits per heavy atom. The molecular weight excluding hydrogens is 226 g/mol. The summed E-state index contributed by atoms with van der Waals surface area (Å²) in [5.74, 6) is 1.05. The predicted molar refractivity (Wildman–Crippen MR) is 73.5 cm³/mol. The lowest BCUT2D eigenvalue weighted by atomic mass is 9.98. The second-order valence-electron chi connectivity index (χ2n) is 5.71. The van der Waals surface area contributed by atoms with Crippen molar-refractivity contribution in [2.75, 3.05) is 39.8 Å². The molecule has 0 aromatic heterocycles. The van der Waals surface area contributed by atoms with E-state index in [2.05, 4.69) is 22.0 Å². The Hall–Kier alpha value is -0.610. The lowest BCUT2D eigenvalue weighted by Crippen LogP contribution is -2.46. The van der Waals surface area contributed by atoms with Crippen molar-refractivity contribution in [1.82, 2.24) is 15.1 Å². The van der Waals surface area contributed by atoms with Gasteiger partial charge in [-0.15, -0.1) is 0 Å². The second kappa shape index (κ2) is 6.53. The van der Waals surface area contributed by atoms with Crippen molar-refractivity contribution in [3.05, 3.63) is 0 Å². The van der Waals surface area contributed by atoms with E-state index in [-0.39, 0.29) is 0 Å². The number of rotatable bonds is 6. The summed E-state index contributed by atoms with van der Waals surface area (Å²) in [5.41, 5.74) is 0. The third-order valence-electron chi connectivity index (χ3n) is 4.10. The van der Waals surface area contributed by atoms with Crippen molar-refractivity contribution >= 4 is 5.91 Å². The van der Waals surface area contributed by atoms with Gasteiger partial charge in [0.05, 0.1) is 6.54 Å². The second-order valence-corrected chi connectivity index (χ2v) is 5.71. The van der Waals surface area contributed by atoms with Crippen LogP contribution in [0.4, 0.5) is 0 Å². The first-order valence-electron chi connectivity index (χ1n) is 7.41. The summed E-state index contributed by atoms with van der Waals surface area (Å²) >= 11 is 0. The van der Waals surface area contributed by atoms with Crippen molar-refractivity contribution in [2.24, 2.45) is 5.92 Å². The van der Waals surface area contributed by atoms with Gasteiger partial charge >= 0.3 is 0 Å². The Bertz CT molecular complexity index is 276. The van der Waals surface area contributed by atoms with Crippen LogP contribution in [-0.2, 0) is 4.79 Å². The van der Waals surface area contributed by atoms with Crippen molar-refractivity contribution in [3.63, 3.8) is 0 Å². The highest BCUT2D eigenvalue weighted by Gasteiger charge is 2.32. The average molecular weight is 253 g/mol. The maximum absolute atomic E-state index is 12.3. The first-order chi connectivity index (χ1) is 8.74. The highest BCUT2D eigenvalue weighted by atomic mass is 16.2. The molecule has 1 atom stereocenters. The molecule has 4 nitrogen and oxygen atoms in total. The fourth-order valence-electron chi connectivity index (χ4n) is 3.06. The number of likely N-dealkylation sites (tertiary alicyclic amines) is 1. The molecule has 1 aliphatic heterocycles. The van der Waals surface area contributed by atoms with Gasteiger partial charge in [0, 0.05) is 19.1 Å². The van der Waals surface area contributed by atoms with E-state index in [0.717, 1.165) is 26.2 Å². The number of nitrogens with zero attached hydrogens (tertiary/aromatic N) is 2. The van der Waals surface area contributed by atoms with Crippen molar-refractivity contribution < 1.29 is 4.79 Å². The van der Waals surface area contributed by atoms with Crippen molar-refractivity contribution in [1.29, 1.82) is 0 Å². The van der Waals surface area contributed by atoms with E-state index in [4.69, 9.17) is 0 Å². The minimum Gasteiger partial charge on any atom is -0.339 e. The molecule has 1 N–H and O–H groups in total. The van der Waals surface area contributed by atoms with E-state index < -0.39 is 0 Å². The SMILES string of the molecule is CCN(C(=O)CN1CCCC(CNC)C1)C1CC1. The van der Waals surface area contributed by atoms with E-state index in [1.165, 1.54) is 25.7 Å². The third kappa shape index (κ3) is 3.69. The summed E-state index contributed by atoms with van der Waals surface area (Å²) in [6.07, 6.45) is 4.95. The zero-order valence-electron chi connectivity index (χ0n) is 11.8. The van der Waals surface area contributed by atoms with Gasteiger partial charge < -0.3 is 10.2 Å². The number of carbonyl (C=O) groups excluding carboxylic acids is 1. The van der Waals surface area contributed by atoms with Crippen LogP contribution in [0.15, 0.2) is 0 Å². The Morgan fingerprint density at radius 3 is 2.78 bits per heavy atom. The first-order valence-corrected chi connectivity index (χ1v) is 7.41. The molecule has 2 rings (SSSR count). The number of hydrogen-bond acceptors (Lipinski definition) is 3. The molecule has 4 heteroatoms. The van der Waals surface area contributed by atoms with Gasteiger partial charge in [0.1, 0.15) is 0 Å². The van der Waals surface area contributed by atoms with Gasteiger partial charge in [-0.3, -0.25) is 9.69 Å². The number of carbonyl (C=O) groups is 1. The molecule has 18 heavy (non-hydrogen) atoms. The molecule has 104 valence electrons. The summed E-state index contributed by atoms with van der Waals surface area (Å²) in [4.78, 5) is 16.7. The zero-order chi connectivity index (χ0) is 13.0. The molecular formula is C14H27N3O. The molecule has 1 saturated heterocycles. The number of hydrogen-bond donors (Lipinski definition) is 1. The molecule has 1 saturated carbocycles. The van der Waals surface area contributed by atoms with Crippen molar-refractivity contribution in [3.8, 4) is 0 Å². The average Bonchev–Trinajstić information content (AvgIpc) is 3.15. The van der Waals surface area contributed by atoms with E-state index in [9.17, 15) is 4.79 Å². The van der Waals surface area contributed by atoms with Crippen LogP contribution in [0.5, 0.6) is 0 Å². The van der Waals surface area contributed by atoms with Crippen LogP contribution in [0.2, 0.25) is 0 Å². The molecule has 0 spiro atoms. The fraction of sp³-hybridized carbons (Fsp3) is 0.929.